The number of halogens is 1. The van der Waals surface area contributed by atoms with E-state index < -0.39 is 0 Å². The Morgan fingerprint density at radius 3 is 2.56 bits per heavy atom. The molecule has 0 radical (unpaired) electrons. The van der Waals surface area contributed by atoms with Crippen molar-refractivity contribution >= 4 is 39.6 Å². The zero-order valence-electron chi connectivity index (χ0n) is 9.71. The lowest BCUT2D eigenvalue weighted by atomic mass is 9.99. The van der Waals surface area contributed by atoms with Crippen molar-refractivity contribution in [2.24, 2.45) is 0 Å². The zero-order valence-corrected chi connectivity index (χ0v) is 11.9. The van der Waals surface area contributed by atoms with Crippen molar-refractivity contribution in [2.75, 3.05) is 0 Å². The molecule has 0 bridgehead atoms. The van der Waals surface area contributed by atoms with E-state index in [9.17, 15) is 0 Å². The lowest BCUT2D eigenvalue weighted by molar-refractivity contribution is 1.17. The number of rotatable bonds is 1. The van der Waals surface area contributed by atoms with Gasteiger partial charge >= 0.3 is 0 Å². The summed E-state index contributed by atoms with van der Waals surface area (Å²) in [6.45, 7) is 6.39. The normalized spacial score (nSPS) is 11.5. The number of fused-ring (bicyclic) bond motifs is 1. The Kier molecular flexibility index (Phi) is 3.28. The molecule has 0 spiro atoms. The summed E-state index contributed by atoms with van der Waals surface area (Å²) < 4.78 is 2.04. The van der Waals surface area contributed by atoms with Crippen LogP contribution in [-0.4, -0.2) is 4.98 Å². The molecule has 0 saturated carbocycles. The van der Waals surface area contributed by atoms with Gasteiger partial charge in [-0.3, -0.25) is 4.98 Å². The molecule has 1 nitrogen and oxygen atoms in total. The van der Waals surface area contributed by atoms with Gasteiger partial charge in [-0.2, -0.15) is 0 Å². The molecule has 82 valence electrons. The smallest absolute Gasteiger partial charge is 0.0714 e. The molecule has 16 heavy (non-hydrogen) atoms. The average Bonchev–Trinajstić information content (AvgIpc) is 2.26. The number of benzene rings is 1. The summed E-state index contributed by atoms with van der Waals surface area (Å²) in [5.41, 5.74) is 6.10. The second-order valence-electron chi connectivity index (χ2n) is 3.98. The van der Waals surface area contributed by atoms with Gasteiger partial charge in [-0.05, 0) is 53.7 Å². The van der Waals surface area contributed by atoms with Crippen LogP contribution in [0.5, 0.6) is 0 Å². The Morgan fingerprint density at radius 1 is 1.12 bits per heavy atom. The maximum Gasteiger partial charge on any atom is 0.0714 e. The summed E-state index contributed by atoms with van der Waals surface area (Å²) in [7, 11) is 0. The maximum atomic E-state index is 4.64. The molecule has 0 unspecified atom stereocenters. The molecule has 0 aliphatic carbocycles. The first-order chi connectivity index (χ1) is 7.65. The minimum absolute atomic E-state index is 1.09. The van der Waals surface area contributed by atoms with Gasteiger partial charge in [-0.1, -0.05) is 34.7 Å². The van der Waals surface area contributed by atoms with Crippen LogP contribution in [0.1, 0.15) is 22.4 Å². The van der Waals surface area contributed by atoms with Crippen LogP contribution < -0.4 is 0 Å². The predicted octanol–water partition coefficient (Wildman–Crippen LogP) is 4.57. The van der Waals surface area contributed by atoms with Gasteiger partial charge in [-0.25, -0.2) is 0 Å². The van der Waals surface area contributed by atoms with Crippen molar-refractivity contribution in [1.82, 2.24) is 4.98 Å². The Labute approximate surface area is 110 Å². The molecule has 0 atom stereocenters. The maximum absolute atomic E-state index is 4.64. The second-order valence-corrected chi connectivity index (χ2v) is 4.70. The molecule has 0 fully saturated rings. The topological polar surface area (TPSA) is 12.9 Å². The minimum atomic E-state index is 1.09. The van der Waals surface area contributed by atoms with Gasteiger partial charge in [0.05, 0.1) is 5.52 Å². The van der Waals surface area contributed by atoms with E-state index in [2.05, 4.69) is 72.6 Å². The Bertz CT molecular complexity index is 570. The van der Waals surface area contributed by atoms with Crippen LogP contribution in [0.15, 0.2) is 22.3 Å². The molecular formula is C14H14IN. The first-order valence-corrected chi connectivity index (χ1v) is 6.53. The summed E-state index contributed by atoms with van der Waals surface area (Å²) in [5, 5.41) is 1.28. The third kappa shape index (κ3) is 1.86. The highest BCUT2D eigenvalue weighted by molar-refractivity contribution is 14.1. The van der Waals surface area contributed by atoms with Crippen molar-refractivity contribution in [3.8, 4) is 0 Å². The van der Waals surface area contributed by atoms with Crippen molar-refractivity contribution in [3.63, 3.8) is 0 Å². The standard InChI is InChI=1S/C14H14IN/c1-9-10(2)14-12(7-8-15)5-4-6-13(14)16-11(9)3/h4-8H,1-3H3/b8-7+. The van der Waals surface area contributed by atoms with Gasteiger partial charge in [-0.15, -0.1) is 0 Å². The van der Waals surface area contributed by atoms with Crippen molar-refractivity contribution in [1.29, 1.82) is 0 Å². The molecule has 0 N–H and O–H groups in total. The fourth-order valence-electron chi connectivity index (χ4n) is 1.99. The average molecular weight is 323 g/mol. The van der Waals surface area contributed by atoms with E-state index in [1.54, 1.807) is 0 Å². The molecule has 2 rings (SSSR count). The molecule has 1 aromatic heterocycles. The van der Waals surface area contributed by atoms with Gasteiger partial charge in [0, 0.05) is 11.1 Å². The highest BCUT2D eigenvalue weighted by Gasteiger charge is 2.07. The van der Waals surface area contributed by atoms with E-state index in [0.29, 0.717) is 0 Å². The summed E-state index contributed by atoms with van der Waals surface area (Å²) in [4.78, 5) is 4.64. The number of pyridine rings is 1. The summed E-state index contributed by atoms with van der Waals surface area (Å²) >= 11 is 2.25. The monoisotopic (exact) mass is 323 g/mol. The van der Waals surface area contributed by atoms with Crippen LogP contribution in [-0.2, 0) is 0 Å². The fourth-order valence-corrected chi connectivity index (χ4v) is 2.38. The Balaban J connectivity index is 2.91. The van der Waals surface area contributed by atoms with E-state index in [4.69, 9.17) is 0 Å². The number of nitrogens with zero attached hydrogens (tertiary/aromatic N) is 1. The molecule has 0 aliphatic rings. The molecule has 2 aromatic rings. The predicted molar refractivity (Wildman–Crippen MR) is 79.0 cm³/mol. The number of aromatic nitrogens is 1. The highest BCUT2D eigenvalue weighted by atomic mass is 127. The minimum Gasteiger partial charge on any atom is -0.253 e. The molecule has 1 aromatic carbocycles. The highest BCUT2D eigenvalue weighted by Crippen LogP contribution is 2.26. The van der Waals surface area contributed by atoms with Crippen LogP contribution in [0.3, 0.4) is 0 Å². The van der Waals surface area contributed by atoms with Gasteiger partial charge < -0.3 is 0 Å². The lowest BCUT2D eigenvalue weighted by Crippen LogP contribution is -1.94. The van der Waals surface area contributed by atoms with E-state index in [1.165, 1.54) is 22.1 Å². The zero-order chi connectivity index (χ0) is 11.7. The fraction of sp³-hybridized carbons (Fsp3) is 0.214. The summed E-state index contributed by atoms with van der Waals surface area (Å²) in [5.74, 6) is 0. The molecule has 1 heterocycles. The number of hydrogen-bond acceptors (Lipinski definition) is 1. The van der Waals surface area contributed by atoms with Gasteiger partial charge in [0.15, 0.2) is 0 Å². The third-order valence-electron chi connectivity index (χ3n) is 3.09. The molecule has 0 amide bonds. The van der Waals surface area contributed by atoms with Crippen LogP contribution in [0.2, 0.25) is 0 Å². The van der Waals surface area contributed by atoms with Crippen LogP contribution in [0.4, 0.5) is 0 Å². The largest absolute Gasteiger partial charge is 0.253 e. The van der Waals surface area contributed by atoms with Crippen LogP contribution >= 0.6 is 22.6 Å². The van der Waals surface area contributed by atoms with Gasteiger partial charge in [0.25, 0.3) is 0 Å². The van der Waals surface area contributed by atoms with Gasteiger partial charge in [0.1, 0.15) is 0 Å². The van der Waals surface area contributed by atoms with Crippen molar-refractivity contribution in [2.45, 2.75) is 20.8 Å². The molecular weight excluding hydrogens is 309 g/mol. The summed E-state index contributed by atoms with van der Waals surface area (Å²) in [6, 6.07) is 6.29. The molecule has 2 heteroatoms. The Morgan fingerprint density at radius 2 is 1.88 bits per heavy atom. The van der Waals surface area contributed by atoms with E-state index in [1.807, 2.05) is 4.08 Å². The van der Waals surface area contributed by atoms with Crippen LogP contribution in [0, 0.1) is 20.8 Å². The van der Waals surface area contributed by atoms with Crippen molar-refractivity contribution in [3.05, 3.63) is 44.7 Å². The van der Waals surface area contributed by atoms with E-state index >= 15 is 0 Å². The third-order valence-corrected chi connectivity index (χ3v) is 3.45. The second kappa shape index (κ2) is 4.53. The van der Waals surface area contributed by atoms with E-state index in [-0.39, 0.29) is 0 Å². The first-order valence-electron chi connectivity index (χ1n) is 5.28. The Hall–Kier alpha value is -0.900. The van der Waals surface area contributed by atoms with Crippen LogP contribution in [0.25, 0.3) is 17.0 Å². The molecule has 0 aliphatic heterocycles. The molecule has 0 saturated heterocycles. The lowest BCUT2D eigenvalue weighted by Gasteiger charge is -2.10. The van der Waals surface area contributed by atoms with E-state index in [0.717, 1.165) is 11.2 Å². The van der Waals surface area contributed by atoms with Crippen molar-refractivity contribution < 1.29 is 0 Å². The summed E-state index contributed by atoms with van der Waals surface area (Å²) in [6.07, 6.45) is 2.13. The first kappa shape index (κ1) is 11.6. The SMILES string of the molecule is Cc1nc2cccc(/C=C/I)c2c(C)c1C. The number of hydrogen-bond donors (Lipinski definition) is 0. The van der Waals surface area contributed by atoms with Gasteiger partial charge in [0.2, 0.25) is 0 Å². The number of aryl methyl sites for hydroxylation is 2. The quantitative estimate of drug-likeness (QED) is 0.701.